The van der Waals surface area contributed by atoms with Gasteiger partial charge in [-0.05, 0) is 41.4 Å². The third kappa shape index (κ3) is 4.03. The summed E-state index contributed by atoms with van der Waals surface area (Å²) >= 11 is 0. The summed E-state index contributed by atoms with van der Waals surface area (Å²) in [4.78, 5) is 44.7. The third-order valence-corrected chi connectivity index (χ3v) is 7.53. The SMILES string of the molecule is Cn1c(=O)n(CC(C)(C)C)c2ccc(C3=CC4CN(C(=O)C5(O)CCN(C(=O)O)C5)CC4C3)nc21. The van der Waals surface area contributed by atoms with Crippen molar-refractivity contribution < 1.29 is 19.8 Å². The Bertz CT molecular complexity index is 1300. The highest BCUT2D eigenvalue weighted by atomic mass is 16.4. The number of aromatic nitrogens is 3. The molecule has 3 aliphatic rings. The Kier molecular flexibility index (Phi) is 5.35. The molecule has 35 heavy (non-hydrogen) atoms. The van der Waals surface area contributed by atoms with E-state index in [0.717, 1.165) is 28.1 Å². The first-order valence-electron chi connectivity index (χ1n) is 12.1. The topological polar surface area (TPSA) is 121 Å². The van der Waals surface area contributed by atoms with Gasteiger partial charge in [0, 0.05) is 39.6 Å². The Morgan fingerprint density at radius 1 is 1.20 bits per heavy atom. The number of carbonyl (C=O) groups is 2. The average molecular weight is 484 g/mol. The van der Waals surface area contributed by atoms with E-state index in [-0.39, 0.29) is 48.4 Å². The first-order chi connectivity index (χ1) is 16.4. The molecule has 5 rings (SSSR count). The molecule has 0 bridgehead atoms. The number of allylic oxidation sites excluding steroid dienone is 1. The van der Waals surface area contributed by atoms with Gasteiger partial charge in [0.1, 0.15) is 0 Å². The fourth-order valence-electron chi connectivity index (χ4n) is 5.77. The first kappa shape index (κ1) is 23.6. The Morgan fingerprint density at radius 3 is 2.57 bits per heavy atom. The molecule has 2 aromatic heterocycles. The van der Waals surface area contributed by atoms with E-state index in [4.69, 9.17) is 10.1 Å². The molecule has 0 spiro atoms. The molecule has 0 aromatic carbocycles. The van der Waals surface area contributed by atoms with Crippen LogP contribution >= 0.6 is 0 Å². The van der Waals surface area contributed by atoms with E-state index >= 15 is 0 Å². The number of fused-ring (bicyclic) bond motifs is 2. The van der Waals surface area contributed by atoms with Crippen LogP contribution in [-0.2, 0) is 18.4 Å². The van der Waals surface area contributed by atoms with Crippen molar-refractivity contribution in [3.8, 4) is 0 Å². The molecular formula is C25H33N5O5. The summed E-state index contributed by atoms with van der Waals surface area (Å²) in [5.41, 5.74) is 1.70. The highest BCUT2D eigenvalue weighted by Crippen LogP contribution is 2.41. The van der Waals surface area contributed by atoms with Crippen molar-refractivity contribution in [3.05, 3.63) is 34.4 Å². The number of hydrogen-bond acceptors (Lipinski definition) is 5. The smallest absolute Gasteiger partial charge is 0.407 e. The molecule has 2 aromatic rings. The molecule has 2 amide bonds. The van der Waals surface area contributed by atoms with E-state index in [9.17, 15) is 19.5 Å². The lowest BCUT2D eigenvalue weighted by Gasteiger charge is -2.28. The van der Waals surface area contributed by atoms with Gasteiger partial charge in [0.25, 0.3) is 5.91 Å². The van der Waals surface area contributed by atoms with E-state index < -0.39 is 11.7 Å². The lowest BCUT2D eigenvalue weighted by atomic mass is 9.97. The minimum Gasteiger partial charge on any atom is -0.465 e. The van der Waals surface area contributed by atoms with Crippen LogP contribution < -0.4 is 5.69 Å². The summed E-state index contributed by atoms with van der Waals surface area (Å²) in [5, 5.41) is 20.0. The predicted molar refractivity (Wildman–Crippen MR) is 130 cm³/mol. The van der Waals surface area contributed by atoms with Crippen LogP contribution in [-0.4, -0.2) is 77.9 Å². The number of aliphatic hydroxyl groups is 1. The number of carbonyl (C=O) groups excluding carboxylic acids is 1. The van der Waals surface area contributed by atoms with Gasteiger partial charge < -0.3 is 20.0 Å². The molecule has 188 valence electrons. The molecular weight excluding hydrogens is 450 g/mol. The number of nitrogens with zero attached hydrogens (tertiary/aromatic N) is 5. The van der Waals surface area contributed by atoms with E-state index in [1.165, 1.54) is 0 Å². The van der Waals surface area contributed by atoms with Gasteiger partial charge in [-0.1, -0.05) is 26.8 Å². The molecule has 2 N–H and O–H groups in total. The molecule has 0 saturated carbocycles. The van der Waals surface area contributed by atoms with Gasteiger partial charge in [0.15, 0.2) is 11.2 Å². The maximum absolute atomic E-state index is 13.0. The van der Waals surface area contributed by atoms with Crippen molar-refractivity contribution in [2.45, 2.75) is 45.8 Å². The normalized spacial score (nSPS) is 26.5. The van der Waals surface area contributed by atoms with Crippen molar-refractivity contribution in [1.82, 2.24) is 23.9 Å². The quantitative estimate of drug-likeness (QED) is 0.686. The number of pyridine rings is 1. The minimum atomic E-state index is -1.64. The van der Waals surface area contributed by atoms with E-state index in [2.05, 4.69) is 26.8 Å². The molecule has 10 nitrogen and oxygen atoms in total. The number of rotatable bonds is 3. The van der Waals surface area contributed by atoms with Gasteiger partial charge in [-0.3, -0.25) is 13.9 Å². The summed E-state index contributed by atoms with van der Waals surface area (Å²) in [6.45, 7) is 7.93. The number of hydrogen-bond donors (Lipinski definition) is 2. The number of aryl methyl sites for hydroxylation is 1. The van der Waals surface area contributed by atoms with E-state index in [1.54, 1.807) is 21.1 Å². The predicted octanol–water partition coefficient (Wildman–Crippen LogP) is 1.76. The zero-order valence-electron chi connectivity index (χ0n) is 20.7. The Labute approximate surface area is 203 Å². The van der Waals surface area contributed by atoms with Crippen LogP contribution in [0.3, 0.4) is 0 Å². The van der Waals surface area contributed by atoms with E-state index in [1.807, 2.05) is 12.1 Å². The standard InChI is InChI=1S/C25H33N5O5/c1-24(2,3)13-30-19-6-5-18(26-20(19)27(4)22(30)32)15-9-16-11-29(12-17(16)10-15)21(31)25(35)7-8-28(14-25)23(33)34/h5-6,9,16-17,35H,7-8,10-14H2,1-4H3,(H,33,34). The van der Waals surface area contributed by atoms with Crippen LogP contribution in [0.1, 0.15) is 39.3 Å². The van der Waals surface area contributed by atoms with Gasteiger partial charge >= 0.3 is 11.8 Å². The largest absolute Gasteiger partial charge is 0.465 e. The van der Waals surface area contributed by atoms with Gasteiger partial charge in [-0.2, -0.15) is 0 Å². The molecule has 3 unspecified atom stereocenters. The van der Waals surface area contributed by atoms with Crippen molar-refractivity contribution >= 4 is 28.7 Å². The van der Waals surface area contributed by atoms with Gasteiger partial charge in [-0.15, -0.1) is 0 Å². The molecule has 2 aliphatic heterocycles. The molecule has 2 fully saturated rings. The van der Waals surface area contributed by atoms with Crippen molar-refractivity contribution in [2.75, 3.05) is 26.2 Å². The molecule has 10 heteroatoms. The lowest BCUT2D eigenvalue weighted by molar-refractivity contribution is -0.148. The number of likely N-dealkylation sites (tertiary alicyclic amines) is 2. The maximum Gasteiger partial charge on any atom is 0.407 e. The third-order valence-electron chi connectivity index (χ3n) is 7.53. The molecule has 4 heterocycles. The molecule has 2 saturated heterocycles. The van der Waals surface area contributed by atoms with Crippen LogP contribution in [0.5, 0.6) is 0 Å². The van der Waals surface area contributed by atoms with Crippen LogP contribution in [0.25, 0.3) is 16.7 Å². The highest BCUT2D eigenvalue weighted by molar-refractivity contribution is 5.87. The van der Waals surface area contributed by atoms with Crippen molar-refractivity contribution in [3.63, 3.8) is 0 Å². The number of carboxylic acid groups (broad SMARTS) is 1. The number of imidazole rings is 1. The number of β-amino-alcohol motifs (C(OH)–C–C–N with tert-alkyl or cyclic N) is 1. The molecule has 1 aliphatic carbocycles. The van der Waals surface area contributed by atoms with Gasteiger partial charge in [0.2, 0.25) is 0 Å². The van der Waals surface area contributed by atoms with Gasteiger partial charge in [-0.25, -0.2) is 14.6 Å². The summed E-state index contributed by atoms with van der Waals surface area (Å²) < 4.78 is 3.39. The second-order valence-corrected chi connectivity index (χ2v) is 11.5. The summed E-state index contributed by atoms with van der Waals surface area (Å²) in [7, 11) is 1.75. The van der Waals surface area contributed by atoms with Crippen LogP contribution in [0.4, 0.5) is 4.79 Å². The molecule has 3 atom stereocenters. The summed E-state index contributed by atoms with van der Waals surface area (Å²) in [5.74, 6) is 0.0306. The Hall–Kier alpha value is -3.14. The zero-order valence-corrected chi connectivity index (χ0v) is 20.7. The maximum atomic E-state index is 13.0. The fraction of sp³-hybridized carbons (Fsp3) is 0.600. The molecule has 0 radical (unpaired) electrons. The Balaban J connectivity index is 1.33. The first-order valence-corrected chi connectivity index (χ1v) is 12.1. The fourth-order valence-corrected chi connectivity index (χ4v) is 5.77. The average Bonchev–Trinajstić information content (AvgIpc) is 3.52. The second kappa shape index (κ2) is 7.94. The zero-order chi connectivity index (χ0) is 25.3. The lowest BCUT2D eigenvalue weighted by Crippen LogP contribution is -2.50. The monoisotopic (exact) mass is 483 g/mol. The van der Waals surface area contributed by atoms with Crippen molar-refractivity contribution in [2.24, 2.45) is 24.3 Å². The van der Waals surface area contributed by atoms with Gasteiger partial charge in [0.05, 0.1) is 17.8 Å². The van der Waals surface area contributed by atoms with Crippen molar-refractivity contribution in [1.29, 1.82) is 0 Å². The Morgan fingerprint density at radius 2 is 1.94 bits per heavy atom. The van der Waals surface area contributed by atoms with Crippen LogP contribution in [0, 0.1) is 17.3 Å². The highest BCUT2D eigenvalue weighted by Gasteiger charge is 2.49. The minimum absolute atomic E-state index is 0.0386. The summed E-state index contributed by atoms with van der Waals surface area (Å²) in [6.07, 6.45) is 1.94. The van der Waals surface area contributed by atoms with Crippen LogP contribution in [0.2, 0.25) is 0 Å². The second-order valence-electron chi connectivity index (χ2n) is 11.5. The van der Waals surface area contributed by atoms with E-state index in [0.29, 0.717) is 25.3 Å². The summed E-state index contributed by atoms with van der Waals surface area (Å²) in [6, 6.07) is 3.94. The van der Waals surface area contributed by atoms with Crippen LogP contribution in [0.15, 0.2) is 23.0 Å². The number of amides is 2.